The number of hydrogen-bond donors (Lipinski definition) is 0. The predicted octanol–water partition coefficient (Wildman–Crippen LogP) is 4.78. The Hall–Kier alpha value is -1.97. The maximum atomic E-state index is 12.5. The van der Waals surface area contributed by atoms with Crippen LogP contribution >= 0.6 is 0 Å². The Morgan fingerprint density at radius 1 is 1.11 bits per heavy atom. The van der Waals surface area contributed by atoms with Gasteiger partial charge in [0.25, 0.3) is 0 Å². The van der Waals surface area contributed by atoms with E-state index in [9.17, 15) is 4.79 Å². The molecular formula is C23H33N3O. The Balaban J connectivity index is 1.54. The van der Waals surface area contributed by atoms with E-state index >= 15 is 0 Å². The van der Waals surface area contributed by atoms with Gasteiger partial charge in [0.05, 0.1) is 0 Å². The number of Topliss-reactive ketones (excluding diaryl/α,β-unsaturated/α-hetero) is 1. The molecular weight excluding hydrogens is 334 g/mol. The number of hydrogen-bond acceptors (Lipinski definition) is 3. The molecule has 0 saturated heterocycles. The van der Waals surface area contributed by atoms with Gasteiger partial charge >= 0.3 is 0 Å². The van der Waals surface area contributed by atoms with Gasteiger partial charge in [-0.1, -0.05) is 49.4 Å². The van der Waals surface area contributed by atoms with Crippen molar-refractivity contribution in [1.29, 1.82) is 0 Å². The Kier molecular flexibility index (Phi) is 6.81. The van der Waals surface area contributed by atoms with E-state index in [4.69, 9.17) is 0 Å². The highest BCUT2D eigenvalue weighted by atomic mass is 16.1. The molecule has 27 heavy (non-hydrogen) atoms. The second-order valence-electron chi connectivity index (χ2n) is 8.11. The van der Waals surface area contributed by atoms with Gasteiger partial charge in [-0.3, -0.25) is 4.79 Å². The van der Waals surface area contributed by atoms with E-state index in [-0.39, 0.29) is 5.78 Å². The molecule has 2 aromatic rings. The van der Waals surface area contributed by atoms with Crippen molar-refractivity contribution in [3.05, 3.63) is 46.5 Å². The van der Waals surface area contributed by atoms with Gasteiger partial charge in [0, 0.05) is 32.2 Å². The van der Waals surface area contributed by atoms with Crippen molar-refractivity contribution < 1.29 is 4.79 Å². The number of carbonyl (C=O) groups is 1. The summed E-state index contributed by atoms with van der Waals surface area (Å²) in [7, 11) is 0. The van der Waals surface area contributed by atoms with Crippen LogP contribution in [0.5, 0.6) is 0 Å². The summed E-state index contributed by atoms with van der Waals surface area (Å²) in [5.74, 6) is 3.21. The summed E-state index contributed by atoms with van der Waals surface area (Å²) in [5, 5.41) is 8.84. The largest absolute Gasteiger partial charge is 0.315 e. The quantitative estimate of drug-likeness (QED) is 0.641. The molecule has 0 N–H and O–H groups in total. The molecule has 0 amide bonds. The molecule has 0 radical (unpaired) electrons. The van der Waals surface area contributed by atoms with Crippen LogP contribution in [0.2, 0.25) is 0 Å². The van der Waals surface area contributed by atoms with Crippen LogP contribution in [-0.2, 0) is 30.6 Å². The molecule has 1 aromatic heterocycles. The standard InChI is InChI=1S/C23H33N3O/c1-4-26-22(13-10-19-7-5-6-8-19)24-25-23(26)14-12-21(27)16-20-11-9-17(2)15-18(20)3/h9,11,15,19H,4-8,10,12-14,16H2,1-3H3. The summed E-state index contributed by atoms with van der Waals surface area (Å²) in [6.45, 7) is 7.19. The predicted molar refractivity (Wildman–Crippen MR) is 109 cm³/mol. The number of ketones is 1. The Labute approximate surface area is 163 Å². The van der Waals surface area contributed by atoms with Crippen molar-refractivity contribution in [2.45, 2.75) is 85.1 Å². The first-order chi connectivity index (χ1) is 13.1. The lowest BCUT2D eigenvalue weighted by Crippen LogP contribution is -2.11. The van der Waals surface area contributed by atoms with Gasteiger partial charge in [-0.05, 0) is 44.2 Å². The number of aryl methyl sites for hydroxylation is 4. The molecule has 1 aliphatic rings. The van der Waals surface area contributed by atoms with Crippen LogP contribution in [0.15, 0.2) is 18.2 Å². The van der Waals surface area contributed by atoms with Crippen molar-refractivity contribution in [3.63, 3.8) is 0 Å². The summed E-state index contributed by atoms with van der Waals surface area (Å²) in [4.78, 5) is 12.5. The van der Waals surface area contributed by atoms with Crippen LogP contribution < -0.4 is 0 Å². The number of carbonyl (C=O) groups excluding carboxylic acids is 1. The SMILES string of the molecule is CCn1c(CCC(=O)Cc2ccc(C)cc2C)nnc1CCC1CCCC1. The van der Waals surface area contributed by atoms with Crippen LogP contribution in [0.4, 0.5) is 0 Å². The Morgan fingerprint density at radius 3 is 2.48 bits per heavy atom. The molecule has 4 nitrogen and oxygen atoms in total. The summed E-state index contributed by atoms with van der Waals surface area (Å²) >= 11 is 0. The minimum Gasteiger partial charge on any atom is -0.315 e. The lowest BCUT2D eigenvalue weighted by molar-refractivity contribution is -0.118. The minimum absolute atomic E-state index is 0.278. The third-order valence-corrected chi connectivity index (χ3v) is 5.98. The molecule has 1 aliphatic carbocycles. The van der Waals surface area contributed by atoms with Gasteiger partial charge in [0.15, 0.2) is 0 Å². The highest BCUT2D eigenvalue weighted by molar-refractivity contribution is 5.81. The van der Waals surface area contributed by atoms with Crippen molar-refractivity contribution in [1.82, 2.24) is 14.8 Å². The Bertz CT molecular complexity index is 772. The summed E-state index contributed by atoms with van der Waals surface area (Å²) in [6, 6.07) is 6.31. The summed E-state index contributed by atoms with van der Waals surface area (Å²) < 4.78 is 2.22. The zero-order valence-corrected chi connectivity index (χ0v) is 17.1. The molecule has 1 heterocycles. The average Bonchev–Trinajstić information content (AvgIpc) is 3.29. The zero-order chi connectivity index (χ0) is 19.2. The van der Waals surface area contributed by atoms with E-state index in [2.05, 4.69) is 53.7 Å². The number of nitrogens with zero attached hydrogens (tertiary/aromatic N) is 3. The van der Waals surface area contributed by atoms with Gasteiger partial charge in [-0.25, -0.2) is 0 Å². The van der Waals surface area contributed by atoms with Crippen LogP contribution in [-0.4, -0.2) is 20.5 Å². The van der Waals surface area contributed by atoms with Crippen LogP contribution in [0.1, 0.15) is 73.8 Å². The second-order valence-corrected chi connectivity index (χ2v) is 8.11. The van der Waals surface area contributed by atoms with Crippen molar-refractivity contribution in [2.75, 3.05) is 0 Å². The maximum Gasteiger partial charge on any atom is 0.137 e. The second kappa shape index (κ2) is 9.29. The first kappa shape index (κ1) is 19.8. The van der Waals surface area contributed by atoms with Gasteiger partial charge in [-0.2, -0.15) is 0 Å². The molecule has 0 bridgehead atoms. The zero-order valence-electron chi connectivity index (χ0n) is 17.1. The number of rotatable bonds is 9. The van der Waals surface area contributed by atoms with E-state index in [0.29, 0.717) is 19.3 Å². The smallest absolute Gasteiger partial charge is 0.137 e. The molecule has 146 valence electrons. The molecule has 0 atom stereocenters. The summed E-state index contributed by atoms with van der Waals surface area (Å²) in [5.41, 5.74) is 3.58. The summed E-state index contributed by atoms with van der Waals surface area (Å²) in [6.07, 6.45) is 9.51. The van der Waals surface area contributed by atoms with Crippen LogP contribution in [0.3, 0.4) is 0 Å². The molecule has 4 heteroatoms. The van der Waals surface area contributed by atoms with Gasteiger partial charge in [0.1, 0.15) is 17.4 Å². The van der Waals surface area contributed by atoms with E-state index < -0.39 is 0 Å². The third-order valence-electron chi connectivity index (χ3n) is 5.98. The average molecular weight is 368 g/mol. The molecule has 3 rings (SSSR count). The van der Waals surface area contributed by atoms with E-state index in [1.165, 1.54) is 43.2 Å². The molecule has 0 unspecified atom stereocenters. The first-order valence-corrected chi connectivity index (χ1v) is 10.6. The highest BCUT2D eigenvalue weighted by Gasteiger charge is 2.18. The molecule has 1 saturated carbocycles. The van der Waals surface area contributed by atoms with Gasteiger partial charge in [0.2, 0.25) is 0 Å². The lowest BCUT2D eigenvalue weighted by atomic mass is 9.99. The van der Waals surface area contributed by atoms with Crippen molar-refractivity contribution in [3.8, 4) is 0 Å². The lowest BCUT2D eigenvalue weighted by Gasteiger charge is -2.10. The fourth-order valence-corrected chi connectivity index (χ4v) is 4.34. The Morgan fingerprint density at radius 2 is 1.81 bits per heavy atom. The van der Waals surface area contributed by atoms with E-state index in [0.717, 1.165) is 36.1 Å². The van der Waals surface area contributed by atoms with Crippen molar-refractivity contribution >= 4 is 5.78 Å². The highest BCUT2D eigenvalue weighted by Crippen LogP contribution is 2.28. The topological polar surface area (TPSA) is 47.8 Å². The molecule has 0 spiro atoms. The van der Waals surface area contributed by atoms with Crippen LogP contribution in [0, 0.1) is 19.8 Å². The third kappa shape index (κ3) is 5.27. The molecule has 0 aliphatic heterocycles. The normalized spacial score (nSPS) is 14.8. The van der Waals surface area contributed by atoms with Crippen molar-refractivity contribution in [2.24, 2.45) is 5.92 Å². The van der Waals surface area contributed by atoms with E-state index in [1.54, 1.807) is 0 Å². The van der Waals surface area contributed by atoms with Gasteiger partial charge < -0.3 is 4.57 Å². The van der Waals surface area contributed by atoms with E-state index in [1.807, 2.05) is 0 Å². The van der Waals surface area contributed by atoms with Crippen LogP contribution in [0.25, 0.3) is 0 Å². The monoisotopic (exact) mass is 367 g/mol. The van der Waals surface area contributed by atoms with Gasteiger partial charge in [-0.15, -0.1) is 10.2 Å². The maximum absolute atomic E-state index is 12.5. The molecule has 1 aromatic carbocycles. The minimum atomic E-state index is 0.278. The fourth-order valence-electron chi connectivity index (χ4n) is 4.34. The molecule has 1 fully saturated rings. The number of benzene rings is 1. The fraction of sp³-hybridized carbons (Fsp3) is 0.609. The first-order valence-electron chi connectivity index (χ1n) is 10.6. The number of aromatic nitrogens is 3.